The molecular weight excluding hydrogens is 266 g/mol. The highest BCUT2D eigenvalue weighted by atomic mass is 16.3. The number of fused-ring (bicyclic) bond motifs is 3. The second kappa shape index (κ2) is 4.82. The van der Waals surface area contributed by atoms with Gasteiger partial charge in [0, 0.05) is 24.2 Å². The standard InChI is InChI=1S/C15H19N5O/c1-9(21)15-19-12-8-18-14-11(4-6-17-14)13(12)20(15)10-3-2-5-16-7-10/h4,6,8-10,16,21H,2-3,5,7H2,1H3,(H,17,18). The Morgan fingerprint density at radius 3 is 3.14 bits per heavy atom. The number of nitrogens with zero attached hydrogens (tertiary/aromatic N) is 3. The van der Waals surface area contributed by atoms with Crippen molar-refractivity contribution in [3.63, 3.8) is 0 Å². The van der Waals surface area contributed by atoms with Crippen LogP contribution < -0.4 is 5.32 Å². The molecule has 2 atom stereocenters. The summed E-state index contributed by atoms with van der Waals surface area (Å²) in [5.74, 6) is 0.731. The van der Waals surface area contributed by atoms with E-state index in [0.717, 1.165) is 53.8 Å². The van der Waals surface area contributed by atoms with Crippen LogP contribution in [0.1, 0.15) is 37.7 Å². The second-order valence-corrected chi connectivity index (χ2v) is 5.75. The van der Waals surface area contributed by atoms with Crippen LogP contribution in [0.3, 0.4) is 0 Å². The minimum Gasteiger partial charge on any atom is -0.385 e. The van der Waals surface area contributed by atoms with Crippen molar-refractivity contribution < 1.29 is 5.11 Å². The first-order chi connectivity index (χ1) is 10.3. The molecule has 0 radical (unpaired) electrons. The number of hydrogen-bond donors (Lipinski definition) is 3. The topological polar surface area (TPSA) is 78.8 Å². The van der Waals surface area contributed by atoms with Gasteiger partial charge < -0.3 is 20.0 Å². The van der Waals surface area contributed by atoms with Crippen LogP contribution in [0.4, 0.5) is 0 Å². The zero-order valence-electron chi connectivity index (χ0n) is 12.0. The SMILES string of the molecule is CC(O)c1nc2cnc3[nH]ccc3c2n1C1CCCNC1. The van der Waals surface area contributed by atoms with Gasteiger partial charge in [-0.3, -0.25) is 0 Å². The Labute approximate surface area is 122 Å². The molecule has 0 aromatic carbocycles. The fourth-order valence-electron chi connectivity index (χ4n) is 3.33. The second-order valence-electron chi connectivity index (χ2n) is 5.75. The summed E-state index contributed by atoms with van der Waals surface area (Å²) in [6, 6.07) is 2.36. The molecular formula is C15H19N5O. The number of aliphatic hydroxyl groups is 1. The van der Waals surface area contributed by atoms with Crippen molar-refractivity contribution in [1.82, 2.24) is 24.8 Å². The highest BCUT2D eigenvalue weighted by molar-refractivity contribution is 6.01. The van der Waals surface area contributed by atoms with E-state index in [1.54, 1.807) is 13.1 Å². The molecule has 6 heteroatoms. The van der Waals surface area contributed by atoms with Crippen molar-refractivity contribution in [2.24, 2.45) is 0 Å². The Morgan fingerprint density at radius 1 is 1.48 bits per heavy atom. The maximum atomic E-state index is 10.1. The molecule has 0 amide bonds. The van der Waals surface area contributed by atoms with Crippen LogP contribution in [-0.2, 0) is 0 Å². The lowest BCUT2D eigenvalue weighted by atomic mass is 10.1. The summed E-state index contributed by atoms with van der Waals surface area (Å²) in [4.78, 5) is 12.2. The van der Waals surface area contributed by atoms with Gasteiger partial charge in [-0.05, 0) is 32.4 Å². The van der Waals surface area contributed by atoms with E-state index in [1.807, 2.05) is 12.3 Å². The van der Waals surface area contributed by atoms with E-state index in [1.165, 1.54) is 0 Å². The summed E-state index contributed by atoms with van der Waals surface area (Å²) >= 11 is 0. The predicted octanol–water partition coefficient (Wildman–Crippen LogP) is 1.89. The molecule has 4 rings (SSSR count). The fraction of sp³-hybridized carbons (Fsp3) is 0.467. The molecule has 1 saturated heterocycles. The van der Waals surface area contributed by atoms with E-state index in [9.17, 15) is 5.11 Å². The number of aromatic amines is 1. The molecule has 0 bridgehead atoms. The molecule has 2 unspecified atom stereocenters. The molecule has 1 aliphatic rings. The van der Waals surface area contributed by atoms with Crippen LogP contribution in [0.15, 0.2) is 18.5 Å². The molecule has 3 aromatic heterocycles. The highest BCUT2D eigenvalue weighted by Gasteiger charge is 2.24. The third-order valence-electron chi connectivity index (χ3n) is 4.27. The third kappa shape index (κ3) is 1.94. The largest absolute Gasteiger partial charge is 0.385 e. The van der Waals surface area contributed by atoms with Gasteiger partial charge in [0.2, 0.25) is 0 Å². The minimum absolute atomic E-state index is 0.328. The smallest absolute Gasteiger partial charge is 0.139 e. The summed E-state index contributed by atoms with van der Waals surface area (Å²) in [5.41, 5.74) is 2.79. The molecule has 1 aliphatic heterocycles. The van der Waals surface area contributed by atoms with Gasteiger partial charge in [0.1, 0.15) is 23.1 Å². The molecule has 0 aliphatic carbocycles. The molecule has 3 N–H and O–H groups in total. The fourth-order valence-corrected chi connectivity index (χ4v) is 3.33. The van der Waals surface area contributed by atoms with Crippen LogP contribution in [0.25, 0.3) is 22.1 Å². The molecule has 21 heavy (non-hydrogen) atoms. The van der Waals surface area contributed by atoms with E-state index < -0.39 is 6.10 Å². The van der Waals surface area contributed by atoms with Crippen molar-refractivity contribution in [1.29, 1.82) is 0 Å². The predicted molar refractivity (Wildman–Crippen MR) is 81.2 cm³/mol. The lowest BCUT2D eigenvalue weighted by Crippen LogP contribution is -2.32. The van der Waals surface area contributed by atoms with E-state index in [-0.39, 0.29) is 0 Å². The van der Waals surface area contributed by atoms with Crippen molar-refractivity contribution in [2.75, 3.05) is 13.1 Å². The van der Waals surface area contributed by atoms with Gasteiger partial charge >= 0.3 is 0 Å². The number of aliphatic hydroxyl groups excluding tert-OH is 1. The van der Waals surface area contributed by atoms with E-state index >= 15 is 0 Å². The molecule has 0 saturated carbocycles. The lowest BCUT2D eigenvalue weighted by Gasteiger charge is -2.27. The maximum Gasteiger partial charge on any atom is 0.139 e. The molecule has 110 valence electrons. The Morgan fingerprint density at radius 2 is 2.38 bits per heavy atom. The van der Waals surface area contributed by atoms with E-state index in [2.05, 4.69) is 24.8 Å². The minimum atomic E-state index is -0.590. The molecule has 1 fully saturated rings. The first kappa shape index (κ1) is 12.8. The summed E-state index contributed by atoms with van der Waals surface area (Å²) in [7, 11) is 0. The average molecular weight is 285 g/mol. The van der Waals surface area contributed by atoms with Crippen LogP contribution in [0.2, 0.25) is 0 Å². The van der Waals surface area contributed by atoms with Crippen LogP contribution in [0.5, 0.6) is 0 Å². The molecule has 6 nitrogen and oxygen atoms in total. The Balaban J connectivity index is 2.03. The number of imidazole rings is 1. The van der Waals surface area contributed by atoms with Gasteiger partial charge in [-0.15, -0.1) is 0 Å². The Kier molecular flexibility index (Phi) is 2.94. The van der Waals surface area contributed by atoms with Crippen LogP contribution in [-0.4, -0.2) is 37.7 Å². The molecule has 4 heterocycles. The summed E-state index contributed by atoms with van der Waals surface area (Å²) in [5, 5.41) is 14.6. The number of pyridine rings is 1. The number of hydrogen-bond acceptors (Lipinski definition) is 4. The summed E-state index contributed by atoms with van der Waals surface area (Å²) < 4.78 is 2.21. The Hall–Kier alpha value is -1.92. The van der Waals surface area contributed by atoms with Crippen LogP contribution >= 0.6 is 0 Å². The van der Waals surface area contributed by atoms with Crippen molar-refractivity contribution in [3.8, 4) is 0 Å². The average Bonchev–Trinajstić information content (AvgIpc) is 3.11. The number of rotatable bonds is 2. The normalized spacial score (nSPS) is 21.1. The van der Waals surface area contributed by atoms with Crippen molar-refractivity contribution in [3.05, 3.63) is 24.3 Å². The maximum absolute atomic E-state index is 10.1. The van der Waals surface area contributed by atoms with E-state index in [4.69, 9.17) is 0 Å². The first-order valence-electron chi connectivity index (χ1n) is 7.48. The number of piperidine rings is 1. The molecule has 3 aromatic rings. The monoisotopic (exact) mass is 285 g/mol. The van der Waals surface area contributed by atoms with Gasteiger partial charge in [-0.2, -0.15) is 0 Å². The van der Waals surface area contributed by atoms with Crippen molar-refractivity contribution >= 4 is 22.1 Å². The summed E-state index contributed by atoms with van der Waals surface area (Å²) in [6.07, 6.45) is 5.34. The Bertz CT molecular complexity index is 782. The number of H-pyrrole nitrogens is 1. The quantitative estimate of drug-likeness (QED) is 0.672. The van der Waals surface area contributed by atoms with Crippen molar-refractivity contribution in [2.45, 2.75) is 31.9 Å². The molecule has 0 spiro atoms. The van der Waals surface area contributed by atoms with Gasteiger partial charge in [0.05, 0.1) is 11.7 Å². The van der Waals surface area contributed by atoms with Gasteiger partial charge in [0.25, 0.3) is 0 Å². The number of aromatic nitrogens is 4. The van der Waals surface area contributed by atoms with Gasteiger partial charge in [-0.1, -0.05) is 0 Å². The highest BCUT2D eigenvalue weighted by Crippen LogP contribution is 2.31. The first-order valence-corrected chi connectivity index (χ1v) is 7.48. The van der Waals surface area contributed by atoms with Crippen LogP contribution in [0, 0.1) is 0 Å². The zero-order valence-corrected chi connectivity index (χ0v) is 12.0. The van der Waals surface area contributed by atoms with E-state index in [0.29, 0.717) is 6.04 Å². The summed E-state index contributed by atoms with van der Waals surface area (Å²) in [6.45, 7) is 3.75. The lowest BCUT2D eigenvalue weighted by molar-refractivity contribution is 0.179. The van der Waals surface area contributed by atoms with Gasteiger partial charge in [0.15, 0.2) is 0 Å². The third-order valence-corrected chi connectivity index (χ3v) is 4.27. The number of nitrogens with one attached hydrogen (secondary N) is 2. The zero-order chi connectivity index (χ0) is 14.4. The van der Waals surface area contributed by atoms with Gasteiger partial charge in [-0.25, -0.2) is 9.97 Å².